The van der Waals surface area contributed by atoms with Crippen molar-refractivity contribution in [3.05, 3.63) is 23.8 Å². The van der Waals surface area contributed by atoms with Crippen molar-refractivity contribution >= 4 is 6.08 Å². The maximum atomic E-state index is 6.20. The lowest BCUT2D eigenvalue weighted by Crippen LogP contribution is -2.23. The molecule has 0 aromatic heterocycles. The van der Waals surface area contributed by atoms with Gasteiger partial charge in [-0.1, -0.05) is 32.9 Å². The van der Waals surface area contributed by atoms with Crippen LogP contribution in [0, 0.1) is 0 Å². The van der Waals surface area contributed by atoms with Gasteiger partial charge in [0.2, 0.25) is 0 Å². The van der Waals surface area contributed by atoms with Crippen molar-refractivity contribution in [2.75, 3.05) is 19.8 Å². The standard InChI is InChI=1S/C24H40O6/c1-8-15-19-20(29-23(10-3)26-13-6)16-18(28-22(9-2)25-12-5)17-21(19)30-24(11-4)27-14-7/h8,15-17,22-24H,9-14H2,1-7H3/b15-8-. The summed E-state index contributed by atoms with van der Waals surface area (Å²) < 4.78 is 35.6. The Hall–Kier alpha value is -1.76. The van der Waals surface area contributed by atoms with Gasteiger partial charge in [-0.25, -0.2) is 0 Å². The number of hydrogen-bond donors (Lipinski definition) is 0. The van der Waals surface area contributed by atoms with Gasteiger partial charge in [-0.05, 0) is 27.7 Å². The topological polar surface area (TPSA) is 55.4 Å². The summed E-state index contributed by atoms with van der Waals surface area (Å²) in [6.07, 6.45) is 5.03. The Kier molecular flexibility index (Phi) is 13.2. The minimum atomic E-state index is -0.357. The molecule has 1 aromatic rings. The van der Waals surface area contributed by atoms with Crippen LogP contribution in [0.5, 0.6) is 17.2 Å². The van der Waals surface area contributed by atoms with Crippen molar-refractivity contribution in [3.63, 3.8) is 0 Å². The van der Waals surface area contributed by atoms with Crippen LogP contribution in [-0.2, 0) is 14.2 Å². The molecular formula is C24H40O6. The van der Waals surface area contributed by atoms with Crippen LogP contribution >= 0.6 is 0 Å². The van der Waals surface area contributed by atoms with E-state index in [1.165, 1.54) is 0 Å². The Balaban J connectivity index is 3.40. The summed E-state index contributed by atoms with van der Waals surface area (Å²) in [7, 11) is 0. The van der Waals surface area contributed by atoms with Crippen molar-refractivity contribution in [2.45, 2.75) is 86.6 Å². The maximum absolute atomic E-state index is 6.20. The second-order valence-electron chi connectivity index (χ2n) is 6.57. The Labute approximate surface area is 182 Å². The van der Waals surface area contributed by atoms with E-state index in [4.69, 9.17) is 28.4 Å². The van der Waals surface area contributed by atoms with Crippen molar-refractivity contribution in [1.82, 2.24) is 0 Å². The predicted octanol–water partition coefficient (Wildman–Crippen LogP) is 6.17. The maximum Gasteiger partial charge on any atom is 0.199 e. The molecule has 1 rings (SSSR count). The second-order valence-corrected chi connectivity index (χ2v) is 6.57. The largest absolute Gasteiger partial charge is 0.465 e. The van der Waals surface area contributed by atoms with Gasteiger partial charge in [0.25, 0.3) is 0 Å². The molecule has 3 unspecified atom stereocenters. The van der Waals surface area contributed by atoms with Crippen molar-refractivity contribution in [3.8, 4) is 17.2 Å². The highest BCUT2D eigenvalue weighted by Gasteiger charge is 2.20. The molecule has 0 aliphatic rings. The zero-order valence-electron chi connectivity index (χ0n) is 19.7. The molecule has 0 saturated heterocycles. The lowest BCUT2D eigenvalue weighted by atomic mass is 10.1. The van der Waals surface area contributed by atoms with Crippen LogP contribution in [-0.4, -0.2) is 38.7 Å². The average Bonchev–Trinajstić information content (AvgIpc) is 2.74. The second kappa shape index (κ2) is 15.1. The zero-order chi connectivity index (χ0) is 22.4. The third-order valence-electron chi connectivity index (χ3n) is 4.25. The Morgan fingerprint density at radius 3 is 1.40 bits per heavy atom. The number of allylic oxidation sites excluding steroid dienone is 1. The van der Waals surface area contributed by atoms with Gasteiger partial charge in [0.1, 0.15) is 17.2 Å². The smallest absolute Gasteiger partial charge is 0.199 e. The first-order valence-corrected chi connectivity index (χ1v) is 11.2. The molecule has 6 heteroatoms. The van der Waals surface area contributed by atoms with Gasteiger partial charge in [-0.2, -0.15) is 0 Å². The molecule has 1 aromatic carbocycles. The molecule has 0 bridgehead atoms. The van der Waals surface area contributed by atoms with Crippen LogP contribution in [0.4, 0.5) is 0 Å². The van der Waals surface area contributed by atoms with Crippen LogP contribution in [0.2, 0.25) is 0 Å². The number of rotatable bonds is 16. The van der Waals surface area contributed by atoms with Gasteiger partial charge >= 0.3 is 0 Å². The van der Waals surface area contributed by atoms with Gasteiger partial charge in [0.05, 0.1) is 5.56 Å². The molecule has 0 N–H and O–H groups in total. The van der Waals surface area contributed by atoms with Crippen molar-refractivity contribution in [2.24, 2.45) is 0 Å². The Bertz CT molecular complexity index is 579. The quantitative estimate of drug-likeness (QED) is 0.296. The molecule has 3 atom stereocenters. The molecule has 0 fully saturated rings. The fourth-order valence-electron chi connectivity index (χ4n) is 2.87. The van der Waals surface area contributed by atoms with E-state index in [9.17, 15) is 0 Å². The highest BCUT2D eigenvalue weighted by Crippen LogP contribution is 2.38. The highest BCUT2D eigenvalue weighted by atomic mass is 16.7. The van der Waals surface area contributed by atoms with E-state index in [2.05, 4.69) is 0 Å². The van der Waals surface area contributed by atoms with E-state index in [1.807, 2.05) is 72.8 Å². The molecule has 30 heavy (non-hydrogen) atoms. The van der Waals surface area contributed by atoms with E-state index in [0.717, 1.165) is 24.8 Å². The molecule has 0 heterocycles. The Morgan fingerprint density at radius 1 is 0.667 bits per heavy atom. The molecule has 0 aliphatic carbocycles. The van der Waals surface area contributed by atoms with Gasteiger partial charge in [0.15, 0.2) is 18.9 Å². The normalized spacial score (nSPS) is 14.5. The fraction of sp³-hybridized carbons (Fsp3) is 0.667. The van der Waals surface area contributed by atoms with E-state index < -0.39 is 0 Å². The minimum absolute atomic E-state index is 0.342. The summed E-state index contributed by atoms with van der Waals surface area (Å²) in [5.74, 6) is 1.89. The molecule has 0 aliphatic heterocycles. The third kappa shape index (κ3) is 8.54. The van der Waals surface area contributed by atoms with Gasteiger partial charge in [0, 0.05) is 51.2 Å². The van der Waals surface area contributed by atoms with E-state index >= 15 is 0 Å². The van der Waals surface area contributed by atoms with Crippen LogP contribution in [0.3, 0.4) is 0 Å². The summed E-state index contributed by atoms with van der Waals surface area (Å²) in [5.41, 5.74) is 0.825. The van der Waals surface area contributed by atoms with Crippen LogP contribution < -0.4 is 14.2 Å². The summed E-state index contributed by atoms with van der Waals surface area (Å²) >= 11 is 0. The van der Waals surface area contributed by atoms with Crippen LogP contribution in [0.15, 0.2) is 18.2 Å². The lowest BCUT2D eigenvalue weighted by Gasteiger charge is -2.24. The molecule has 6 nitrogen and oxygen atoms in total. The first kappa shape index (κ1) is 26.3. The van der Waals surface area contributed by atoms with Gasteiger partial charge in [-0.3, -0.25) is 0 Å². The molecule has 0 saturated carbocycles. The van der Waals surface area contributed by atoms with E-state index in [1.54, 1.807) is 0 Å². The third-order valence-corrected chi connectivity index (χ3v) is 4.25. The average molecular weight is 425 g/mol. The number of ether oxygens (including phenoxy) is 6. The first-order valence-electron chi connectivity index (χ1n) is 11.2. The SMILES string of the molecule is C/C=C\c1c(OC(CC)OCC)cc(OC(CC)OCC)cc1OC(CC)OCC. The van der Waals surface area contributed by atoms with Crippen LogP contribution in [0.25, 0.3) is 6.08 Å². The highest BCUT2D eigenvalue weighted by molar-refractivity contribution is 5.66. The van der Waals surface area contributed by atoms with Crippen molar-refractivity contribution < 1.29 is 28.4 Å². The summed E-state index contributed by atoms with van der Waals surface area (Å²) in [6.45, 7) is 15.6. The molecular weight excluding hydrogens is 384 g/mol. The molecule has 0 amide bonds. The number of hydrogen-bond acceptors (Lipinski definition) is 6. The fourth-order valence-corrected chi connectivity index (χ4v) is 2.87. The monoisotopic (exact) mass is 424 g/mol. The number of benzene rings is 1. The summed E-state index contributed by atoms with van der Waals surface area (Å²) in [6, 6.07) is 3.74. The minimum Gasteiger partial charge on any atom is -0.465 e. The van der Waals surface area contributed by atoms with E-state index in [0.29, 0.717) is 37.1 Å². The summed E-state index contributed by atoms with van der Waals surface area (Å²) in [4.78, 5) is 0. The molecule has 172 valence electrons. The molecule has 0 radical (unpaired) electrons. The van der Waals surface area contributed by atoms with Crippen molar-refractivity contribution in [1.29, 1.82) is 0 Å². The van der Waals surface area contributed by atoms with E-state index in [-0.39, 0.29) is 18.9 Å². The summed E-state index contributed by atoms with van der Waals surface area (Å²) in [5, 5.41) is 0. The predicted molar refractivity (Wildman–Crippen MR) is 120 cm³/mol. The van der Waals surface area contributed by atoms with Gasteiger partial charge in [-0.15, -0.1) is 0 Å². The zero-order valence-corrected chi connectivity index (χ0v) is 19.7. The van der Waals surface area contributed by atoms with Crippen LogP contribution in [0.1, 0.15) is 73.3 Å². The Morgan fingerprint density at radius 2 is 1.07 bits per heavy atom. The van der Waals surface area contributed by atoms with Gasteiger partial charge < -0.3 is 28.4 Å². The molecule has 0 spiro atoms. The lowest BCUT2D eigenvalue weighted by molar-refractivity contribution is -0.0840. The first-order chi connectivity index (χ1) is 14.6.